The Hall–Kier alpha value is -3.52. The number of hydrogen-bond acceptors (Lipinski definition) is 5. The topological polar surface area (TPSA) is 98.1 Å². The van der Waals surface area contributed by atoms with Gasteiger partial charge < -0.3 is 4.57 Å². The number of benzene rings is 2. The average Bonchev–Trinajstić information content (AvgIpc) is 3.20. The van der Waals surface area contributed by atoms with Gasteiger partial charge in [-0.25, -0.2) is 13.4 Å². The van der Waals surface area contributed by atoms with Crippen LogP contribution in [0.2, 0.25) is 0 Å². The van der Waals surface area contributed by atoms with E-state index in [1.165, 1.54) is 47.6 Å². The van der Waals surface area contributed by atoms with Gasteiger partial charge in [0.1, 0.15) is 11.4 Å². The van der Waals surface area contributed by atoms with Crippen LogP contribution in [-0.4, -0.2) is 29.5 Å². The molecular weight excluding hydrogens is 378 g/mol. The number of allylic oxidation sites excluding steroid dienone is 2. The third-order valence-corrected chi connectivity index (χ3v) is 5.79. The monoisotopic (exact) mass is 393 g/mol. The number of aromatic nitrogens is 2. The number of Topliss-reactive ketones (excluding diaryl/α,β-unsaturated/α-hetero) is 2. The van der Waals surface area contributed by atoms with Gasteiger partial charge in [0, 0.05) is 23.5 Å². The van der Waals surface area contributed by atoms with Gasteiger partial charge in [-0.05, 0) is 19.1 Å². The van der Waals surface area contributed by atoms with E-state index in [1.807, 2.05) is 6.92 Å². The van der Waals surface area contributed by atoms with Crippen LogP contribution in [0.15, 0.2) is 77.8 Å². The van der Waals surface area contributed by atoms with Crippen molar-refractivity contribution in [2.75, 3.05) is 0 Å². The Balaban J connectivity index is 1.88. The van der Waals surface area contributed by atoms with Crippen molar-refractivity contribution >= 4 is 27.3 Å². The summed E-state index contributed by atoms with van der Waals surface area (Å²) >= 11 is 0. The number of nitrogens with one attached hydrogen (secondary N) is 1. The summed E-state index contributed by atoms with van der Waals surface area (Å²) in [4.78, 5) is 30.0. The number of ketones is 2. The maximum absolute atomic E-state index is 13.1. The lowest BCUT2D eigenvalue weighted by molar-refractivity contribution is 0.0984. The molecule has 0 amide bonds. The molecule has 0 atom stereocenters. The largest absolute Gasteiger partial charge is 0.301 e. The second-order valence-electron chi connectivity index (χ2n) is 6.32. The molecule has 0 fully saturated rings. The summed E-state index contributed by atoms with van der Waals surface area (Å²) in [5.74, 6) is -1.04. The van der Waals surface area contributed by atoms with Crippen molar-refractivity contribution in [2.45, 2.75) is 11.8 Å². The zero-order valence-electron chi connectivity index (χ0n) is 14.8. The number of carbonyl (C=O) groups excluding carboxylic acids is 2. The molecule has 28 heavy (non-hydrogen) atoms. The van der Waals surface area contributed by atoms with Crippen molar-refractivity contribution in [2.24, 2.45) is 0 Å². The van der Waals surface area contributed by atoms with E-state index >= 15 is 0 Å². The Bertz CT molecular complexity index is 1220. The number of imidazole rings is 1. The van der Waals surface area contributed by atoms with Crippen molar-refractivity contribution in [1.29, 1.82) is 0 Å². The zero-order valence-corrected chi connectivity index (χ0v) is 15.6. The summed E-state index contributed by atoms with van der Waals surface area (Å²) in [5.41, 5.74) is 0.877. The molecule has 1 aliphatic rings. The molecule has 2 aromatic carbocycles. The van der Waals surface area contributed by atoms with Crippen molar-refractivity contribution in [3.05, 3.63) is 89.6 Å². The minimum Gasteiger partial charge on any atom is -0.301 e. The fourth-order valence-electron chi connectivity index (χ4n) is 3.01. The summed E-state index contributed by atoms with van der Waals surface area (Å²) in [5, 5.41) is 0. The Kier molecular flexibility index (Phi) is 4.20. The highest BCUT2D eigenvalue weighted by Gasteiger charge is 2.35. The summed E-state index contributed by atoms with van der Waals surface area (Å²) in [6.07, 6.45) is 4.26. The summed E-state index contributed by atoms with van der Waals surface area (Å²) in [6.45, 7) is 1.84. The highest BCUT2D eigenvalue weighted by Crippen LogP contribution is 2.29. The van der Waals surface area contributed by atoms with Gasteiger partial charge in [-0.3, -0.25) is 14.3 Å². The van der Waals surface area contributed by atoms with Crippen LogP contribution in [0, 0.1) is 6.92 Å². The second kappa shape index (κ2) is 6.58. The lowest BCUT2D eigenvalue weighted by atomic mass is 9.90. The van der Waals surface area contributed by atoms with Gasteiger partial charge in [-0.2, -0.15) is 0 Å². The molecule has 0 saturated carbocycles. The SMILES string of the molecule is Cc1ccc(S(=O)(=O)NC2=C(n3ccnc3)C(=O)c3ccccc3C2=O)cc1. The molecule has 1 aromatic heterocycles. The lowest BCUT2D eigenvalue weighted by Crippen LogP contribution is -2.34. The Labute approximate surface area is 161 Å². The van der Waals surface area contributed by atoms with Crippen LogP contribution >= 0.6 is 0 Å². The molecule has 140 valence electrons. The third kappa shape index (κ3) is 2.93. The van der Waals surface area contributed by atoms with E-state index in [0.717, 1.165) is 5.56 Å². The van der Waals surface area contributed by atoms with E-state index in [9.17, 15) is 18.0 Å². The van der Waals surface area contributed by atoms with E-state index in [-0.39, 0.29) is 27.4 Å². The van der Waals surface area contributed by atoms with E-state index in [1.54, 1.807) is 24.3 Å². The molecule has 0 bridgehead atoms. The van der Waals surface area contributed by atoms with Crippen molar-refractivity contribution in [3.63, 3.8) is 0 Å². The maximum Gasteiger partial charge on any atom is 0.262 e. The quantitative estimate of drug-likeness (QED) is 0.734. The molecular formula is C20H15N3O4S. The molecule has 3 aromatic rings. The van der Waals surface area contributed by atoms with E-state index < -0.39 is 21.6 Å². The van der Waals surface area contributed by atoms with Crippen molar-refractivity contribution in [3.8, 4) is 0 Å². The molecule has 0 radical (unpaired) electrons. The maximum atomic E-state index is 13.1. The molecule has 1 N–H and O–H groups in total. The Morgan fingerprint density at radius 3 is 2.18 bits per heavy atom. The number of sulfonamides is 1. The standard InChI is InChI=1S/C20H15N3O4S/c1-13-6-8-14(9-7-13)28(26,27)22-17-18(23-11-10-21-12-23)20(25)16-5-3-2-4-15(16)19(17)24/h2-12,22H,1H3. The fourth-order valence-corrected chi connectivity index (χ4v) is 4.08. The number of hydrogen-bond donors (Lipinski definition) is 1. The predicted molar refractivity (Wildman–Crippen MR) is 102 cm³/mol. The number of carbonyl (C=O) groups is 2. The van der Waals surface area contributed by atoms with Crippen LogP contribution in [-0.2, 0) is 10.0 Å². The summed E-state index contributed by atoms with van der Waals surface area (Å²) in [7, 11) is -4.07. The van der Waals surface area contributed by atoms with Crippen LogP contribution in [0.3, 0.4) is 0 Å². The first-order valence-corrected chi connectivity index (χ1v) is 9.87. The van der Waals surface area contributed by atoms with Crippen LogP contribution in [0.25, 0.3) is 5.70 Å². The van der Waals surface area contributed by atoms with Gasteiger partial charge in [0.05, 0.1) is 11.2 Å². The van der Waals surface area contributed by atoms with Gasteiger partial charge in [-0.15, -0.1) is 0 Å². The highest BCUT2D eigenvalue weighted by molar-refractivity contribution is 7.89. The first kappa shape index (κ1) is 17.9. The first-order chi connectivity index (χ1) is 13.4. The molecule has 1 heterocycles. The van der Waals surface area contributed by atoms with Gasteiger partial charge in [0.15, 0.2) is 0 Å². The van der Waals surface area contributed by atoms with Crippen molar-refractivity contribution < 1.29 is 18.0 Å². The molecule has 1 aliphatic carbocycles. The molecule has 4 rings (SSSR count). The normalized spacial score (nSPS) is 14.2. The van der Waals surface area contributed by atoms with Crippen LogP contribution < -0.4 is 4.72 Å². The number of fused-ring (bicyclic) bond motifs is 1. The zero-order chi connectivity index (χ0) is 19.9. The molecule has 0 aliphatic heterocycles. The summed E-state index contributed by atoms with van der Waals surface area (Å²) < 4.78 is 29.4. The van der Waals surface area contributed by atoms with Crippen LogP contribution in [0.5, 0.6) is 0 Å². The van der Waals surface area contributed by atoms with Gasteiger partial charge in [-0.1, -0.05) is 42.0 Å². The van der Waals surface area contributed by atoms with E-state index in [2.05, 4.69) is 9.71 Å². The molecule has 8 heteroatoms. The number of rotatable bonds is 4. The highest BCUT2D eigenvalue weighted by atomic mass is 32.2. The lowest BCUT2D eigenvalue weighted by Gasteiger charge is -2.22. The number of nitrogens with zero attached hydrogens (tertiary/aromatic N) is 2. The average molecular weight is 393 g/mol. The Morgan fingerprint density at radius 2 is 1.57 bits per heavy atom. The molecule has 0 spiro atoms. The van der Waals surface area contributed by atoms with E-state index in [4.69, 9.17) is 0 Å². The van der Waals surface area contributed by atoms with Gasteiger partial charge in [0.25, 0.3) is 10.0 Å². The first-order valence-electron chi connectivity index (χ1n) is 8.39. The third-order valence-electron chi connectivity index (χ3n) is 4.43. The molecule has 7 nitrogen and oxygen atoms in total. The second-order valence-corrected chi connectivity index (χ2v) is 8.00. The minimum atomic E-state index is -4.07. The van der Waals surface area contributed by atoms with Crippen LogP contribution in [0.4, 0.5) is 0 Å². The fraction of sp³-hybridized carbons (Fsp3) is 0.0500. The predicted octanol–water partition coefficient (Wildman–Crippen LogP) is 2.42. The Morgan fingerprint density at radius 1 is 0.929 bits per heavy atom. The van der Waals surface area contributed by atoms with Gasteiger partial charge >= 0.3 is 0 Å². The van der Waals surface area contributed by atoms with Crippen LogP contribution in [0.1, 0.15) is 26.3 Å². The molecule has 0 saturated heterocycles. The summed E-state index contributed by atoms with van der Waals surface area (Å²) in [6, 6.07) is 12.5. The van der Waals surface area contributed by atoms with Gasteiger partial charge in [0.2, 0.25) is 11.6 Å². The van der Waals surface area contributed by atoms with Crippen molar-refractivity contribution in [1.82, 2.24) is 14.3 Å². The van der Waals surface area contributed by atoms with E-state index in [0.29, 0.717) is 0 Å². The number of aryl methyl sites for hydroxylation is 1. The smallest absolute Gasteiger partial charge is 0.262 e. The molecule has 0 unspecified atom stereocenters. The minimum absolute atomic E-state index is 0.00492.